The van der Waals surface area contributed by atoms with Gasteiger partial charge >= 0.3 is 0 Å². The molecule has 0 bridgehead atoms. The van der Waals surface area contributed by atoms with E-state index >= 15 is 0 Å². The van der Waals surface area contributed by atoms with Crippen molar-refractivity contribution >= 4 is 10.1 Å². The number of rotatable bonds is 5. The summed E-state index contributed by atoms with van der Waals surface area (Å²) in [5.74, 6) is 0.745. The van der Waals surface area contributed by atoms with Gasteiger partial charge in [0.1, 0.15) is 0 Å². The largest absolute Gasteiger partial charge is 0.487 e. The van der Waals surface area contributed by atoms with Crippen LogP contribution < -0.4 is 4.74 Å². The molecule has 0 atom stereocenters. The predicted molar refractivity (Wildman–Crippen MR) is 89.3 cm³/mol. The van der Waals surface area contributed by atoms with Crippen LogP contribution in [0.15, 0.2) is 41.6 Å². The molecule has 3 rings (SSSR count). The standard InChI is InChI=1S/C17H22N2O4S/c1-13-3-9-17(10-4-13)24(20,21)23-15-7-5-14(6-8-15)22-16-11-18-19(2)12-16/h3-4,9-12,14-15H,5-8H2,1-2H3. The molecule has 1 aliphatic carbocycles. The highest BCUT2D eigenvalue weighted by Gasteiger charge is 2.28. The molecular formula is C17H22N2O4S. The van der Waals surface area contributed by atoms with Crippen molar-refractivity contribution in [3.8, 4) is 5.75 Å². The Labute approximate surface area is 142 Å². The summed E-state index contributed by atoms with van der Waals surface area (Å²) >= 11 is 0. The van der Waals surface area contributed by atoms with Gasteiger partial charge in [-0.15, -0.1) is 0 Å². The summed E-state index contributed by atoms with van der Waals surface area (Å²) in [5, 5.41) is 4.07. The number of nitrogens with zero attached hydrogens (tertiary/aromatic N) is 2. The zero-order valence-corrected chi connectivity index (χ0v) is 14.7. The van der Waals surface area contributed by atoms with Crippen molar-refractivity contribution in [1.29, 1.82) is 0 Å². The summed E-state index contributed by atoms with van der Waals surface area (Å²) in [5.41, 5.74) is 1.02. The normalized spacial score (nSPS) is 21.6. The quantitative estimate of drug-likeness (QED) is 0.776. The highest BCUT2D eigenvalue weighted by atomic mass is 32.2. The molecule has 1 fully saturated rings. The molecule has 6 nitrogen and oxygen atoms in total. The number of benzene rings is 1. The van der Waals surface area contributed by atoms with Gasteiger partial charge in [-0.25, -0.2) is 0 Å². The lowest BCUT2D eigenvalue weighted by atomic mass is 9.95. The Hall–Kier alpha value is -1.86. The predicted octanol–water partition coefficient (Wildman–Crippen LogP) is 2.82. The topological polar surface area (TPSA) is 70.4 Å². The van der Waals surface area contributed by atoms with Crippen LogP contribution in [-0.4, -0.2) is 30.4 Å². The maximum atomic E-state index is 12.3. The maximum absolute atomic E-state index is 12.3. The lowest BCUT2D eigenvalue weighted by Crippen LogP contribution is -2.29. The van der Waals surface area contributed by atoms with Crippen LogP contribution in [0, 0.1) is 6.92 Å². The Kier molecular flexibility index (Phi) is 4.91. The van der Waals surface area contributed by atoms with E-state index < -0.39 is 10.1 Å². The second kappa shape index (κ2) is 6.94. The fourth-order valence-electron chi connectivity index (χ4n) is 2.84. The highest BCUT2D eigenvalue weighted by molar-refractivity contribution is 7.86. The zero-order chi connectivity index (χ0) is 17.2. The van der Waals surface area contributed by atoms with Crippen molar-refractivity contribution in [1.82, 2.24) is 9.78 Å². The van der Waals surface area contributed by atoms with E-state index in [1.165, 1.54) is 0 Å². The maximum Gasteiger partial charge on any atom is 0.297 e. The van der Waals surface area contributed by atoms with Crippen LogP contribution in [0.2, 0.25) is 0 Å². The first kappa shape index (κ1) is 17.0. The first-order valence-electron chi connectivity index (χ1n) is 8.07. The molecule has 0 spiro atoms. The monoisotopic (exact) mass is 350 g/mol. The van der Waals surface area contributed by atoms with Gasteiger partial charge in [-0.05, 0) is 44.7 Å². The molecule has 0 aliphatic heterocycles. The minimum Gasteiger partial charge on any atom is -0.487 e. The van der Waals surface area contributed by atoms with E-state index in [1.807, 2.05) is 20.2 Å². The van der Waals surface area contributed by atoms with E-state index in [2.05, 4.69) is 5.10 Å². The third-order valence-corrected chi connectivity index (χ3v) is 5.55. The number of aromatic nitrogens is 2. The molecule has 0 saturated heterocycles. The molecule has 1 saturated carbocycles. The Morgan fingerprint density at radius 1 is 1.08 bits per heavy atom. The second-order valence-electron chi connectivity index (χ2n) is 6.23. The molecule has 2 aromatic rings. The van der Waals surface area contributed by atoms with Gasteiger partial charge in [0.15, 0.2) is 5.75 Å². The van der Waals surface area contributed by atoms with Crippen LogP contribution in [0.5, 0.6) is 5.75 Å². The van der Waals surface area contributed by atoms with Gasteiger partial charge in [0.25, 0.3) is 10.1 Å². The number of hydrogen-bond donors (Lipinski definition) is 0. The molecule has 0 unspecified atom stereocenters. The van der Waals surface area contributed by atoms with Crippen molar-refractivity contribution < 1.29 is 17.3 Å². The van der Waals surface area contributed by atoms with Crippen LogP contribution >= 0.6 is 0 Å². The molecule has 1 heterocycles. The van der Waals surface area contributed by atoms with Gasteiger partial charge in [0, 0.05) is 7.05 Å². The SMILES string of the molecule is Cc1ccc(S(=O)(=O)OC2CCC(Oc3cnn(C)c3)CC2)cc1. The lowest BCUT2D eigenvalue weighted by molar-refractivity contribution is 0.0841. The van der Waals surface area contributed by atoms with Crippen LogP contribution in [0.3, 0.4) is 0 Å². The Morgan fingerprint density at radius 2 is 1.71 bits per heavy atom. The molecule has 1 aliphatic rings. The molecule has 130 valence electrons. The first-order valence-corrected chi connectivity index (χ1v) is 9.48. The highest BCUT2D eigenvalue weighted by Crippen LogP contribution is 2.27. The Morgan fingerprint density at radius 3 is 2.29 bits per heavy atom. The molecular weight excluding hydrogens is 328 g/mol. The molecule has 0 N–H and O–H groups in total. The van der Waals surface area contributed by atoms with Gasteiger partial charge < -0.3 is 4.74 Å². The van der Waals surface area contributed by atoms with E-state index in [-0.39, 0.29) is 17.1 Å². The number of ether oxygens (including phenoxy) is 1. The van der Waals surface area contributed by atoms with Crippen LogP contribution in [-0.2, 0) is 21.3 Å². The average molecular weight is 350 g/mol. The van der Waals surface area contributed by atoms with Crippen LogP contribution in [0.25, 0.3) is 0 Å². The molecule has 1 aromatic heterocycles. The molecule has 24 heavy (non-hydrogen) atoms. The summed E-state index contributed by atoms with van der Waals surface area (Å²) in [6.45, 7) is 1.92. The summed E-state index contributed by atoms with van der Waals surface area (Å²) in [4.78, 5) is 0.210. The first-order chi connectivity index (χ1) is 11.4. The summed E-state index contributed by atoms with van der Waals surface area (Å²) < 4.78 is 37.6. The molecule has 0 amide bonds. The van der Waals surface area contributed by atoms with Crippen LogP contribution in [0.4, 0.5) is 0 Å². The summed E-state index contributed by atoms with van der Waals surface area (Å²) in [6, 6.07) is 6.72. The number of hydrogen-bond acceptors (Lipinski definition) is 5. The zero-order valence-electron chi connectivity index (χ0n) is 13.9. The number of aryl methyl sites for hydroxylation is 2. The van der Waals surface area contributed by atoms with E-state index in [1.54, 1.807) is 35.1 Å². The molecule has 7 heteroatoms. The average Bonchev–Trinajstić information content (AvgIpc) is 2.94. The van der Waals surface area contributed by atoms with Crippen molar-refractivity contribution in [3.05, 3.63) is 42.2 Å². The van der Waals surface area contributed by atoms with Gasteiger partial charge in [-0.1, -0.05) is 17.7 Å². The van der Waals surface area contributed by atoms with Crippen molar-refractivity contribution in [3.63, 3.8) is 0 Å². The summed E-state index contributed by atoms with van der Waals surface area (Å²) in [7, 11) is -1.86. The fourth-order valence-corrected chi connectivity index (χ4v) is 3.97. The smallest absolute Gasteiger partial charge is 0.297 e. The van der Waals surface area contributed by atoms with Gasteiger partial charge in [-0.3, -0.25) is 8.86 Å². The second-order valence-corrected chi connectivity index (χ2v) is 7.80. The Bertz CT molecular complexity index is 775. The van der Waals surface area contributed by atoms with E-state index in [0.29, 0.717) is 12.8 Å². The van der Waals surface area contributed by atoms with Crippen molar-refractivity contribution in [2.45, 2.75) is 49.7 Å². The minimum atomic E-state index is -3.70. The summed E-state index contributed by atoms with van der Waals surface area (Å²) in [6.07, 6.45) is 6.16. The van der Waals surface area contributed by atoms with E-state index in [9.17, 15) is 8.42 Å². The van der Waals surface area contributed by atoms with E-state index in [4.69, 9.17) is 8.92 Å². The molecule has 1 aromatic carbocycles. The van der Waals surface area contributed by atoms with E-state index in [0.717, 1.165) is 24.2 Å². The van der Waals surface area contributed by atoms with Crippen molar-refractivity contribution in [2.75, 3.05) is 0 Å². The van der Waals surface area contributed by atoms with Crippen LogP contribution in [0.1, 0.15) is 31.2 Å². The van der Waals surface area contributed by atoms with Gasteiger partial charge in [0.05, 0.1) is 29.5 Å². The third kappa shape index (κ3) is 4.15. The Balaban J connectivity index is 1.54. The lowest BCUT2D eigenvalue weighted by Gasteiger charge is -2.28. The van der Waals surface area contributed by atoms with Crippen molar-refractivity contribution in [2.24, 2.45) is 7.05 Å². The third-order valence-electron chi connectivity index (χ3n) is 4.18. The minimum absolute atomic E-state index is 0.0797. The fraction of sp³-hybridized carbons (Fsp3) is 0.471. The molecule has 0 radical (unpaired) electrons. The van der Waals surface area contributed by atoms with Gasteiger partial charge in [-0.2, -0.15) is 13.5 Å². The van der Waals surface area contributed by atoms with Gasteiger partial charge in [0.2, 0.25) is 0 Å².